The van der Waals surface area contributed by atoms with Crippen molar-refractivity contribution >= 4 is 27.7 Å². The van der Waals surface area contributed by atoms with Gasteiger partial charge in [-0.15, -0.1) is 0 Å². The number of benzene rings is 3. The Kier molecular flexibility index (Phi) is 9.91. The van der Waals surface area contributed by atoms with Crippen LogP contribution in [0.15, 0.2) is 83.3 Å². The van der Waals surface area contributed by atoms with E-state index in [4.69, 9.17) is 4.74 Å². The molecular formula is C29H33BrN2O3. The summed E-state index contributed by atoms with van der Waals surface area (Å²) in [6, 6.07) is 24.6. The van der Waals surface area contributed by atoms with E-state index in [0.717, 1.165) is 22.0 Å². The second-order valence-corrected chi connectivity index (χ2v) is 9.72. The Morgan fingerprint density at radius 3 is 2.11 bits per heavy atom. The molecule has 6 heteroatoms. The minimum atomic E-state index is -0.679. The van der Waals surface area contributed by atoms with E-state index < -0.39 is 6.04 Å². The Morgan fingerprint density at radius 1 is 0.886 bits per heavy atom. The summed E-state index contributed by atoms with van der Waals surface area (Å²) in [5.41, 5.74) is 3.12. The number of aryl methyl sites for hydroxylation is 1. The van der Waals surface area contributed by atoms with Gasteiger partial charge in [0, 0.05) is 23.5 Å². The third kappa shape index (κ3) is 8.25. The fraction of sp³-hybridized carbons (Fsp3) is 0.310. The second kappa shape index (κ2) is 13.1. The van der Waals surface area contributed by atoms with E-state index in [1.54, 1.807) is 4.90 Å². The molecule has 0 aromatic heterocycles. The Balaban J connectivity index is 1.87. The number of rotatable bonds is 11. The first-order chi connectivity index (χ1) is 16.9. The highest BCUT2D eigenvalue weighted by Gasteiger charge is 2.31. The fourth-order valence-corrected chi connectivity index (χ4v) is 4.03. The van der Waals surface area contributed by atoms with E-state index in [1.807, 2.05) is 92.7 Å². The third-order valence-corrected chi connectivity index (χ3v) is 6.19. The third-order valence-electron chi connectivity index (χ3n) is 5.66. The van der Waals surface area contributed by atoms with Crippen LogP contribution in [0.1, 0.15) is 37.5 Å². The van der Waals surface area contributed by atoms with E-state index in [1.165, 1.54) is 5.56 Å². The van der Waals surface area contributed by atoms with E-state index in [-0.39, 0.29) is 24.5 Å². The van der Waals surface area contributed by atoms with Crippen LogP contribution in [0.4, 0.5) is 0 Å². The van der Waals surface area contributed by atoms with Crippen LogP contribution < -0.4 is 10.1 Å². The zero-order chi connectivity index (χ0) is 25.2. The van der Waals surface area contributed by atoms with E-state index in [0.29, 0.717) is 18.7 Å². The normalized spacial score (nSPS) is 11.7. The zero-order valence-electron chi connectivity index (χ0n) is 20.5. The van der Waals surface area contributed by atoms with Gasteiger partial charge in [0.2, 0.25) is 5.91 Å². The molecule has 0 saturated carbocycles. The molecule has 0 bridgehead atoms. The molecule has 0 spiro atoms. The Hall–Kier alpha value is -3.12. The predicted molar refractivity (Wildman–Crippen MR) is 143 cm³/mol. The molecule has 0 radical (unpaired) electrons. The maximum absolute atomic E-state index is 13.5. The smallest absolute Gasteiger partial charge is 0.261 e. The van der Waals surface area contributed by atoms with Crippen molar-refractivity contribution < 1.29 is 14.3 Å². The number of carbonyl (C=O) groups excluding carboxylic acids is 2. The number of ether oxygens (including phenoxy) is 1. The Labute approximate surface area is 216 Å². The van der Waals surface area contributed by atoms with Crippen LogP contribution in [0.5, 0.6) is 5.75 Å². The average Bonchev–Trinajstić information content (AvgIpc) is 2.86. The molecule has 0 saturated heterocycles. The number of amides is 2. The molecule has 0 fully saturated rings. The molecule has 0 aliphatic carbocycles. The van der Waals surface area contributed by atoms with Gasteiger partial charge in [0.25, 0.3) is 5.91 Å². The molecule has 0 heterocycles. The monoisotopic (exact) mass is 536 g/mol. The number of hydrogen-bond acceptors (Lipinski definition) is 3. The lowest BCUT2D eigenvalue weighted by Crippen LogP contribution is -2.52. The van der Waals surface area contributed by atoms with Gasteiger partial charge in [-0.2, -0.15) is 0 Å². The molecule has 1 atom stereocenters. The van der Waals surface area contributed by atoms with Crippen LogP contribution in [-0.2, 0) is 29.0 Å². The minimum absolute atomic E-state index is 0.0428. The minimum Gasteiger partial charge on any atom is -0.484 e. The van der Waals surface area contributed by atoms with Gasteiger partial charge in [-0.25, -0.2) is 0 Å². The average molecular weight is 537 g/mol. The molecule has 3 aromatic rings. The van der Waals surface area contributed by atoms with Gasteiger partial charge in [0.1, 0.15) is 11.8 Å². The summed E-state index contributed by atoms with van der Waals surface area (Å²) in [4.78, 5) is 28.5. The maximum atomic E-state index is 13.5. The van der Waals surface area contributed by atoms with Crippen LogP contribution in [0, 0.1) is 0 Å². The molecule has 1 unspecified atom stereocenters. The van der Waals surface area contributed by atoms with Crippen LogP contribution in [-0.4, -0.2) is 35.4 Å². The number of halogens is 1. The van der Waals surface area contributed by atoms with Gasteiger partial charge in [0.05, 0.1) is 0 Å². The number of nitrogens with one attached hydrogen (secondary N) is 1. The first kappa shape index (κ1) is 26.5. The van der Waals surface area contributed by atoms with Crippen molar-refractivity contribution in [3.63, 3.8) is 0 Å². The van der Waals surface area contributed by atoms with Gasteiger partial charge in [-0.1, -0.05) is 77.5 Å². The van der Waals surface area contributed by atoms with Crippen molar-refractivity contribution in [2.75, 3.05) is 6.61 Å². The molecular weight excluding hydrogens is 504 g/mol. The van der Waals surface area contributed by atoms with Crippen molar-refractivity contribution in [3.8, 4) is 5.75 Å². The summed E-state index contributed by atoms with van der Waals surface area (Å²) in [5.74, 6) is 0.208. The molecule has 1 N–H and O–H groups in total. The highest BCUT2D eigenvalue weighted by Crippen LogP contribution is 2.18. The van der Waals surface area contributed by atoms with Gasteiger partial charge >= 0.3 is 0 Å². The highest BCUT2D eigenvalue weighted by molar-refractivity contribution is 9.10. The molecule has 184 valence electrons. The molecule has 35 heavy (non-hydrogen) atoms. The molecule has 3 aromatic carbocycles. The maximum Gasteiger partial charge on any atom is 0.261 e. The standard InChI is InChI=1S/C29H33BrN2O3/c1-4-22-12-16-26(17-13-22)35-20-28(33)32(19-24-10-14-25(30)15-11-24)27(29(34)31-21(2)3)18-23-8-6-5-7-9-23/h5-17,21,27H,4,18-20H2,1-3H3,(H,31,34). The number of carbonyl (C=O) groups is 2. The molecule has 0 aliphatic rings. The lowest BCUT2D eigenvalue weighted by atomic mass is 10.0. The van der Waals surface area contributed by atoms with Crippen molar-refractivity contribution in [2.45, 2.75) is 52.2 Å². The SMILES string of the molecule is CCc1ccc(OCC(=O)N(Cc2ccc(Br)cc2)C(Cc2ccccc2)C(=O)NC(C)C)cc1. The Bertz CT molecular complexity index is 1080. The van der Waals surface area contributed by atoms with E-state index >= 15 is 0 Å². The first-order valence-electron chi connectivity index (χ1n) is 12.0. The molecule has 5 nitrogen and oxygen atoms in total. The molecule has 3 rings (SSSR count). The summed E-state index contributed by atoms with van der Waals surface area (Å²) in [5, 5.41) is 3.00. The molecule has 2 amide bonds. The lowest BCUT2D eigenvalue weighted by Gasteiger charge is -2.32. The largest absolute Gasteiger partial charge is 0.484 e. The second-order valence-electron chi connectivity index (χ2n) is 8.80. The van der Waals surface area contributed by atoms with Gasteiger partial charge in [-0.3, -0.25) is 9.59 Å². The summed E-state index contributed by atoms with van der Waals surface area (Å²) in [6.45, 7) is 6.08. The molecule has 0 aliphatic heterocycles. The van der Waals surface area contributed by atoms with Crippen molar-refractivity contribution in [1.29, 1.82) is 0 Å². The van der Waals surface area contributed by atoms with Gasteiger partial charge in [-0.05, 0) is 61.2 Å². The Morgan fingerprint density at radius 2 is 1.51 bits per heavy atom. The zero-order valence-corrected chi connectivity index (χ0v) is 22.1. The van der Waals surface area contributed by atoms with Crippen molar-refractivity contribution in [2.24, 2.45) is 0 Å². The summed E-state index contributed by atoms with van der Waals surface area (Å²) >= 11 is 3.46. The van der Waals surface area contributed by atoms with Crippen molar-refractivity contribution in [3.05, 3.63) is 100 Å². The van der Waals surface area contributed by atoms with Crippen LogP contribution >= 0.6 is 15.9 Å². The van der Waals surface area contributed by atoms with Crippen LogP contribution in [0.25, 0.3) is 0 Å². The van der Waals surface area contributed by atoms with Gasteiger partial charge < -0.3 is 15.0 Å². The quantitative estimate of drug-likeness (QED) is 0.349. The van der Waals surface area contributed by atoms with Crippen LogP contribution in [0.3, 0.4) is 0 Å². The van der Waals surface area contributed by atoms with E-state index in [2.05, 4.69) is 28.2 Å². The van der Waals surface area contributed by atoms with Crippen LogP contribution in [0.2, 0.25) is 0 Å². The fourth-order valence-electron chi connectivity index (χ4n) is 3.77. The first-order valence-corrected chi connectivity index (χ1v) is 12.7. The van der Waals surface area contributed by atoms with E-state index in [9.17, 15) is 9.59 Å². The number of nitrogens with zero attached hydrogens (tertiary/aromatic N) is 1. The van der Waals surface area contributed by atoms with Gasteiger partial charge in [0.15, 0.2) is 6.61 Å². The lowest BCUT2D eigenvalue weighted by molar-refractivity contribution is -0.143. The summed E-state index contributed by atoms with van der Waals surface area (Å²) in [7, 11) is 0. The summed E-state index contributed by atoms with van der Waals surface area (Å²) < 4.78 is 6.79. The predicted octanol–water partition coefficient (Wildman–Crippen LogP) is 5.56. The number of hydrogen-bond donors (Lipinski definition) is 1. The topological polar surface area (TPSA) is 58.6 Å². The van der Waals surface area contributed by atoms with Crippen molar-refractivity contribution in [1.82, 2.24) is 10.2 Å². The highest BCUT2D eigenvalue weighted by atomic mass is 79.9. The summed E-state index contributed by atoms with van der Waals surface area (Å²) in [6.07, 6.45) is 1.35.